The minimum absolute atomic E-state index is 0.137. The van der Waals surface area contributed by atoms with Gasteiger partial charge < -0.3 is 10.0 Å². The number of benzene rings is 1. The van der Waals surface area contributed by atoms with Crippen molar-refractivity contribution in [1.29, 1.82) is 0 Å². The number of nitrogens with zero attached hydrogens (tertiary/aromatic N) is 3. The first-order chi connectivity index (χ1) is 12.2. The van der Waals surface area contributed by atoms with Crippen molar-refractivity contribution >= 4 is 5.91 Å². The predicted octanol–water partition coefficient (Wildman–Crippen LogP) is 1.67. The lowest BCUT2D eigenvalue weighted by molar-refractivity contribution is 0.0715. The third kappa shape index (κ3) is 4.14. The molecule has 0 saturated carbocycles. The highest BCUT2D eigenvalue weighted by Gasteiger charge is 2.29. The minimum atomic E-state index is -0.223. The van der Waals surface area contributed by atoms with Gasteiger partial charge in [-0.2, -0.15) is 5.10 Å². The molecular formula is C19H23N3O3. The normalized spacial score (nSPS) is 17.0. The van der Waals surface area contributed by atoms with E-state index in [-0.39, 0.29) is 24.1 Å². The Kier molecular flexibility index (Phi) is 5.60. The summed E-state index contributed by atoms with van der Waals surface area (Å²) in [4.78, 5) is 26.7. The molecule has 25 heavy (non-hydrogen) atoms. The third-order valence-corrected chi connectivity index (χ3v) is 4.59. The van der Waals surface area contributed by atoms with Crippen LogP contribution in [0.4, 0.5) is 0 Å². The molecule has 6 nitrogen and oxygen atoms in total. The number of hydrogen-bond acceptors (Lipinski definition) is 4. The van der Waals surface area contributed by atoms with Gasteiger partial charge in [0.05, 0.1) is 6.54 Å². The van der Waals surface area contributed by atoms with E-state index in [2.05, 4.69) is 5.10 Å². The van der Waals surface area contributed by atoms with Crippen molar-refractivity contribution in [2.45, 2.75) is 38.3 Å². The third-order valence-electron chi connectivity index (χ3n) is 4.59. The monoisotopic (exact) mass is 341 g/mol. The molecule has 1 amide bonds. The molecule has 1 unspecified atom stereocenters. The first-order valence-corrected chi connectivity index (χ1v) is 8.73. The molecule has 1 aliphatic rings. The Morgan fingerprint density at radius 3 is 2.76 bits per heavy atom. The first-order valence-electron chi connectivity index (χ1n) is 8.73. The number of carbonyl (C=O) groups is 1. The standard InChI is InChI=1S/C19H23N3O3/c23-13-5-9-16-8-4-12-21(16)19(25)17-10-11-18(24)22(20-17)14-15-6-2-1-3-7-15/h1-3,6-7,10-11,16,23H,4-5,8-9,12-14H2. The topological polar surface area (TPSA) is 75.4 Å². The maximum Gasteiger partial charge on any atom is 0.274 e. The van der Waals surface area contributed by atoms with Crippen LogP contribution in [0.5, 0.6) is 0 Å². The molecule has 6 heteroatoms. The van der Waals surface area contributed by atoms with Crippen LogP contribution in [0.25, 0.3) is 0 Å². The van der Waals surface area contributed by atoms with Crippen LogP contribution in [0.15, 0.2) is 47.3 Å². The molecule has 1 aromatic heterocycles. The Hall–Kier alpha value is -2.47. The Bertz CT molecular complexity index is 773. The molecule has 1 aromatic carbocycles. The zero-order chi connectivity index (χ0) is 17.6. The second-order valence-corrected chi connectivity index (χ2v) is 6.36. The summed E-state index contributed by atoms with van der Waals surface area (Å²) in [6, 6.07) is 12.6. The molecule has 2 heterocycles. The molecule has 0 radical (unpaired) electrons. The lowest BCUT2D eigenvalue weighted by Crippen LogP contribution is -2.37. The lowest BCUT2D eigenvalue weighted by atomic mass is 10.1. The summed E-state index contributed by atoms with van der Waals surface area (Å²) in [5.41, 5.74) is 1.04. The Morgan fingerprint density at radius 1 is 1.20 bits per heavy atom. The molecule has 1 saturated heterocycles. The summed E-state index contributed by atoms with van der Waals surface area (Å²) in [6.07, 6.45) is 3.40. The van der Waals surface area contributed by atoms with E-state index in [1.54, 1.807) is 0 Å². The summed E-state index contributed by atoms with van der Waals surface area (Å²) < 4.78 is 1.33. The Balaban J connectivity index is 1.79. The summed E-state index contributed by atoms with van der Waals surface area (Å²) in [6.45, 7) is 1.18. The van der Waals surface area contributed by atoms with Gasteiger partial charge in [-0.15, -0.1) is 0 Å². The SMILES string of the molecule is O=C(c1ccc(=O)n(Cc2ccccc2)n1)N1CCCC1CCCO. The molecule has 0 aliphatic carbocycles. The van der Waals surface area contributed by atoms with Crippen LogP contribution in [0, 0.1) is 0 Å². The van der Waals surface area contributed by atoms with Crippen LogP contribution in [0.2, 0.25) is 0 Å². The maximum atomic E-state index is 12.8. The average molecular weight is 341 g/mol. The molecular weight excluding hydrogens is 318 g/mol. The highest BCUT2D eigenvalue weighted by Crippen LogP contribution is 2.22. The maximum absolute atomic E-state index is 12.8. The molecule has 1 aliphatic heterocycles. The summed E-state index contributed by atoms with van der Waals surface area (Å²) >= 11 is 0. The zero-order valence-electron chi connectivity index (χ0n) is 14.2. The smallest absolute Gasteiger partial charge is 0.274 e. The summed E-state index contributed by atoms with van der Waals surface area (Å²) in [7, 11) is 0. The van der Waals surface area contributed by atoms with Gasteiger partial charge in [0.25, 0.3) is 11.5 Å². The van der Waals surface area contributed by atoms with Gasteiger partial charge in [0.1, 0.15) is 5.69 Å². The van der Waals surface area contributed by atoms with Gasteiger partial charge in [0, 0.05) is 25.3 Å². The molecule has 1 atom stereocenters. The fourth-order valence-electron chi connectivity index (χ4n) is 3.31. The van der Waals surface area contributed by atoms with Crippen molar-refractivity contribution < 1.29 is 9.90 Å². The minimum Gasteiger partial charge on any atom is -0.396 e. The summed E-state index contributed by atoms with van der Waals surface area (Å²) in [5.74, 6) is -0.137. The van der Waals surface area contributed by atoms with Crippen LogP contribution >= 0.6 is 0 Å². The van der Waals surface area contributed by atoms with E-state index in [0.717, 1.165) is 24.8 Å². The van der Waals surface area contributed by atoms with Crippen molar-refractivity contribution in [1.82, 2.24) is 14.7 Å². The van der Waals surface area contributed by atoms with Crippen molar-refractivity contribution in [3.05, 3.63) is 64.1 Å². The molecule has 2 aromatic rings. The van der Waals surface area contributed by atoms with E-state index in [4.69, 9.17) is 5.11 Å². The highest BCUT2D eigenvalue weighted by molar-refractivity contribution is 5.92. The van der Waals surface area contributed by atoms with Crippen LogP contribution in [-0.2, 0) is 6.54 Å². The number of carbonyl (C=O) groups excluding carboxylic acids is 1. The number of hydrogen-bond donors (Lipinski definition) is 1. The predicted molar refractivity (Wildman–Crippen MR) is 94.4 cm³/mol. The van der Waals surface area contributed by atoms with Gasteiger partial charge in [-0.1, -0.05) is 30.3 Å². The van der Waals surface area contributed by atoms with E-state index in [0.29, 0.717) is 25.2 Å². The van der Waals surface area contributed by atoms with Gasteiger partial charge in [-0.3, -0.25) is 9.59 Å². The van der Waals surface area contributed by atoms with E-state index in [1.165, 1.54) is 16.8 Å². The fraction of sp³-hybridized carbons (Fsp3) is 0.421. The number of aromatic nitrogens is 2. The molecule has 3 rings (SSSR count). The lowest BCUT2D eigenvalue weighted by Gasteiger charge is -2.24. The largest absolute Gasteiger partial charge is 0.396 e. The van der Waals surface area contributed by atoms with Crippen LogP contribution < -0.4 is 5.56 Å². The zero-order valence-corrected chi connectivity index (χ0v) is 14.2. The first kappa shape index (κ1) is 17.4. The number of rotatable bonds is 6. The van der Waals surface area contributed by atoms with E-state index >= 15 is 0 Å². The van der Waals surface area contributed by atoms with Crippen LogP contribution in [0.1, 0.15) is 41.7 Å². The number of aliphatic hydroxyl groups is 1. The van der Waals surface area contributed by atoms with Crippen molar-refractivity contribution in [2.24, 2.45) is 0 Å². The number of likely N-dealkylation sites (tertiary alicyclic amines) is 1. The quantitative estimate of drug-likeness (QED) is 0.867. The van der Waals surface area contributed by atoms with Gasteiger partial charge >= 0.3 is 0 Å². The molecule has 1 fully saturated rings. The Labute approximate surface area is 146 Å². The second kappa shape index (κ2) is 8.07. The van der Waals surface area contributed by atoms with E-state index in [1.807, 2.05) is 35.2 Å². The van der Waals surface area contributed by atoms with Gasteiger partial charge in [-0.05, 0) is 37.3 Å². The molecule has 1 N–H and O–H groups in total. The van der Waals surface area contributed by atoms with Crippen LogP contribution in [0.3, 0.4) is 0 Å². The van der Waals surface area contributed by atoms with E-state index < -0.39 is 0 Å². The van der Waals surface area contributed by atoms with Gasteiger partial charge in [0.2, 0.25) is 0 Å². The second-order valence-electron chi connectivity index (χ2n) is 6.36. The summed E-state index contributed by atoms with van der Waals surface area (Å²) in [5, 5.41) is 13.3. The fourth-order valence-corrected chi connectivity index (χ4v) is 3.31. The van der Waals surface area contributed by atoms with Gasteiger partial charge in [-0.25, -0.2) is 4.68 Å². The van der Waals surface area contributed by atoms with Crippen molar-refractivity contribution in [3.8, 4) is 0 Å². The van der Waals surface area contributed by atoms with Crippen molar-refractivity contribution in [3.63, 3.8) is 0 Å². The van der Waals surface area contributed by atoms with E-state index in [9.17, 15) is 9.59 Å². The Morgan fingerprint density at radius 2 is 2.00 bits per heavy atom. The van der Waals surface area contributed by atoms with Gasteiger partial charge in [0.15, 0.2) is 0 Å². The number of amides is 1. The number of aliphatic hydroxyl groups excluding tert-OH is 1. The molecule has 132 valence electrons. The molecule has 0 bridgehead atoms. The highest BCUT2D eigenvalue weighted by atomic mass is 16.3. The van der Waals surface area contributed by atoms with Crippen LogP contribution in [-0.4, -0.2) is 44.9 Å². The molecule has 0 spiro atoms. The van der Waals surface area contributed by atoms with Crippen molar-refractivity contribution in [2.75, 3.05) is 13.2 Å². The average Bonchev–Trinajstić information content (AvgIpc) is 3.10.